The third-order valence-electron chi connectivity index (χ3n) is 4.95. The van der Waals surface area contributed by atoms with Crippen molar-refractivity contribution in [2.75, 3.05) is 4.90 Å². The van der Waals surface area contributed by atoms with Crippen LogP contribution in [0.4, 0.5) is 14.5 Å². The number of hydrogen-bond acceptors (Lipinski definition) is 4. The van der Waals surface area contributed by atoms with Crippen LogP contribution in [0.5, 0.6) is 5.75 Å². The van der Waals surface area contributed by atoms with Gasteiger partial charge in [0.2, 0.25) is 0 Å². The van der Waals surface area contributed by atoms with E-state index in [0.717, 1.165) is 21.5 Å². The number of phenols is 1. The monoisotopic (exact) mass is 485 g/mol. The second-order valence-corrected chi connectivity index (χ2v) is 7.78. The van der Waals surface area contributed by atoms with Crippen molar-refractivity contribution >= 4 is 39.1 Å². The third-order valence-corrected chi connectivity index (χ3v) is 5.48. The third kappa shape index (κ3) is 3.70. The van der Waals surface area contributed by atoms with Gasteiger partial charge in [-0.05, 0) is 42.0 Å². The smallest absolute Gasteiger partial charge is 0.300 e. The van der Waals surface area contributed by atoms with Crippen molar-refractivity contribution in [1.29, 1.82) is 0 Å². The average molecular weight is 486 g/mol. The fraction of sp³-hybridized carbons (Fsp3) is 0.0435. The number of hydrogen-bond donors (Lipinski definition) is 2. The van der Waals surface area contributed by atoms with Crippen molar-refractivity contribution in [2.24, 2.45) is 0 Å². The van der Waals surface area contributed by atoms with Gasteiger partial charge in [0.1, 0.15) is 11.5 Å². The molecule has 1 heterocycles. The zero-order valence-corrected chi connectivity index (χ0v) is 17.3. The van der Waals surface area contributed by atoms with Gasteiger partial charge in [-0.2, -0.15) is 0 Å². The molecule has 1 aliphatic heterocycles. The first kappa shape index (κ1) is 20.7. The van der Waals surface area contributed by atoms with Crippen LogP contribution in [0.3, 0.4) is 0 Å². The lowest BCUT2D eigenvalue weighted by molar-refractivity contribution is -0.132. The molecule has 3 aromatic carbocycles. The molecule has 0 spiro atoms. The molecule has 0 radical (unpaired) electrons. The first-order chi connectivity index (χ1) is 14.8. The van der Waals surface area contributed by atoms with E-state index in [2.05, 4.69) is 15.9 Å². The highest BCUT2D eigenvalue weighted by molar-refractivity contribution is 9.10. The number of nitrogens with zero attached hydrogens (tertiary/aromatic N) is 1. The first-order valence-corrected chi connectivity index (χ1v) is 9.88. The van der Waals surface area contributed by atoms with Gasteiger partial charge in [0.05, 0.1) is 11.6 Å². The second-order valence-electron chi connectivity index (χ2n) is 6.87. The van der Waals surface area contributed by atoms with E-state index in [4.69, 9.17) is 0 Å². The predicted molar refractivity (Wildman–Crippen MR) is 113 cm³/mol. The van der Waals surface area contributed by atoms with Crippen molar-refractivity contribution in [2.45, 2.75) is 6.04 Å². The lowest BCUT2D eigenvalue weighted by Gasteiger charge is -2.25. The molecule has 1 unspecified atom stereocenters. The van der Waals surface area contributed by atoms with E-state index in [-0.39, 0.29) is 17.0 Å². The van der Waals surface area contributed by atoms with Gasteiger partial charge >= 0.3 is 0 Å². The van der Waals surface area contributed by atoms with E-state index < -0.39 is 35.1 Å². The van der Waals surface area contributed by atoms with E-state index in [0.29, 0.717) is 11.1 Å². The van der Waals surface area contributed by atoms with Gasteiger partial charge in [-0.1, -0.05) is 40.2 Å². The van der Waals surface area contributed by atoms with E-state index in [1.807, 2.05) is 0 Å². The number of aliphatic hydroxyl groups excluding tert-OH is 1. The Morgan fingerprint density at radius 3 is 2.16 bits per heavy atom. The van der Waals surface area contributed by atoms with Crippen LogP contribution in [0.15, 0.2) is 76.8 Å². The summed E-state index contributed by atoms with van der Waals surface area (Å²) < 4.78 is 28.1. The van der Waals surface area contributed by atoms with Crippen LogP contribution in [0.2, 0.25) is 0 Å². The van der Waals surface area contributed by atoms with Crippen LogP contribution < -0.4 is 4.90 Å². The number of aliphatic hydroxyl groups is 1. The first-order valence-electron chi connectivity index (χ1n) is 9.09. The second kappa shape index (κ2) is 7.96. The number of aromatic hydroxyl groups is 1. The Morgan fingerprint density at radius 2 is 1.55 bits per heavy atom. The minimum absolute atomic E-state index is 0.0403. The van der Waals surface area contributed by atoms with Crippen LogP contribution in [-0.4, -0.2) is 21.9 Å². The number of phenolic OH excluding ortho intramolecular Hbond substituents is 1. The maximum atomic E-state index is 13.9. The van der Waals surface area contributed by atoms with E-state index >= 15 is 0 Å². The highest BCUT2D eigenvalue weighted by Gasteiger charge is 2.47. The van der Waals surface area contributed by atoms with Gasteiger partial charge in [-0.25, -0.2) is 8.78 Å². The molecule has 4 rings (SSSR count). The molecule has 1 fully saturated rings. The molecule has 3 aromatic rings. The zero-order valence-electron chi connectivity index (χ0n) is 15.7. The van der Waals surface area contributed by atoms with Crippen LogP contribution in [0, 0.1) is 11.6 Å². The van der Waals surface area contributed by atoms with Crippen LogP contribution in [0.1, 0.15) is 17.2 Å². The summed E-state index contributed by atoms with van der Waals surface area (Å²) in [7, 11) is 0. The Balaban J connectivity index is 1.95. The highest BCUT2D eigenvalue weighted by Crippen LogP contribution is 2.42. The van der Waals surface area contributed by atoms with Crippen molar-refractivity contribution in [3.8, 4) is 5.75 Å². The molecule has 0 aromatic heterocycles. The van der Waals surface area contributed by atoms with Gasteiger partial charge in [0.25, 0.3) is 11.7 Å². The van der Waals surface area contributed by atoms with E-state index in [1.54, 1.807) is 24.3 Å². The molecule has 0 bridgehead atoms. The number of rotatable bonds is 3. The Kier molecular flexibility index (Phi) is 5.32. The summed E-state index contributed by atoms with van der Waals surface area (Å²) in [4.78, 5) is 26.9. The summed E-state index contributed by atoms with van der Waals surface area (Å²) in [6.07, 6.45) is 0. The Hall–Kier alpha value is -3.52. The number of anilines is 1. The van der Waals surface area contributed by atoms with Gasteiger partial charge in [0.15, 0.2) is 11.6 Å². The zero-order chi connectivity index (χ0) is 22.3. The number of Topliss-reactive ketones (excluding diaryl/α,β-unsaturated/α-hetero) is 1. The van der Waals surface area contributed by atoms with Gasteiger partial charge in [0, 0.05) is 21.8 Å². The summed E-state index contributed by atoms with van der Waals surface area (Å²) in [6, 6.07) is 13.9. The molecule has 1 saturated heterocycles. The highest BCUT2D eigenvalue weighted by atomic mass is 79.9. The van der Waals surface area contributed by atoms with Crippen molar-refractivity contribution in [3.63, 3.8) is 0 Å². The fourth-order valence-electron chi connectivity index (χ4n) is 3.47. The lowest BCUT2D eigenvalue weighted by Crippen LogP contribution is -2.29. The quantitative estimate of drug-likeness (QED) is 0.308. The molecule has 2 N–H and O–H groups in total. The SMILES string of the molecule is O=C1C(=O)N(c2ccc(F)c(F)c2)C(c2ccc(O)cc2)/C1=C(\O)c1ccc(Br)cc1. The predicted octanol–water partition coefficient (Wildman–Crippen LogP) is 5.06. The maximum absolute atomic E-state index is 13.9. The topological polar surface area (TPSA) is 77.8 Å². The fourth-order valence-corrected chi connectivity index (χ4v) is 3.73. The van der Waals surface area contributed by atoms with Crippen LogP contribution in [0.25, 0.3) is 5.76 Å². The molecule has 1 aliphatic rings. The molecular weight excluding hydrogens is 472 g/mol. The molecule has 31 heavy (non-hydrogen) atoms. The van der Waals surface area contributed by atoms with Crippen molar-refractivity contribution in [1.82, 2.24) is 0 Å². The Morgan fingerprint density at radius 1 is 0.903 bits per heavy atom. The normalized spacial score (nSPS) is 17.9. The van der Waals surface area contributed by atoms with E-state index in [1.165, 1.54) is 30.3 Å². The standard InChI is InChI=1S/C23H14BrF2NO4/c24-14-5-1-13(2-6-14)21(29)19-20(12-3-8-16(28)9-4-12)27(23(31)22(19)30)15-7-10-17(25)18(26)11-15/h1-11,20,28-29H/b21-19+. The van der Waals surface area contributed by atoms with Crippen molar-refractivity contribution < 1.29 is 28.6 Å². The number of halogens is 3. The van der Waals surface area contributed by atoms with Crippen molar-refractivity contribution in [3.05, 3.63) is 99.5 Å². The molecule has 0 aliphatic carbocycles. The Bertz CT molecular complexity index is 1220. The van der Waals surface area contributed by atoms with Gasteiger partial charge < -0.3 is 10.2 Å². The summed E-state index contributed by atoms with van der Waals surface area (Å²) in [5.74, 6) is -4.70. The molecule has 5 nitrogen and oxygen atoms in total. The summed E-state index contributed by atoms with van der Waals surface area (Å²) in [5, 5.41) is 20.6. The molecule has 0 saturated carbocycles. The van der Waals surface area contributed by atoms with Gasteiger partial charge in [-0.3, -0.25) is 14.5 Å². The molecule has 8 heteroatoms. The molecule has 1 atom stereocenters. The molecule has 156 valence electrons. The number of ketones is 1. The maximum Gasteiger partial charge on any atom is 0.300 e. The number of carbonyl (C=O) groups excluding carboxylic acids is 2. The van der Waals surface area contributed by atoms with E-state index in [9.17, 15) is 28.6 Å². The van der Waals surface area contributed by atoms with Crippen LogP contribution in [-0.2, 0) is 9.59 Å². The summed E-state index contributed by atoms with van der Waals surface area (Å²) in [6.45, 7) is 0. The minimum atomic E-state index is -1.18. The van der Waals surface area contributed by atoms with Gasteiger partial charge in [-0.15, -0.1) is 0 Å². The molecule has 1 amide bonds. The summed E-state index contributed by atoms with van der Waals surface area (Å²) in [5.41, 5.74) is 0.437. The Labute approximate surface area is 184 Å². The largest absolute Gasteiger partial charge is 0.508 e. The average Bonchev–Trinajstić information content (AvgIpc) is 3.01. The minimum Gasteiger partial charge on any atom is -0.508 e. The number of amides is 1. The number of benzene rings is 3. The lowest BCUT2D eigenvalue weighted by atomic mass is 9.95. The number of carbonyl (C=O) groups is 2. The molecular formula is C23H14BrF2NO4. The summed E-state index contributed by atoms with van der Waals surface area (Å²) >= 11 is 3.29. The van der Waals surface area contributed by atoms with Crippen LogP contribution >= 0.6 is 15.9 Å².